The van der Waals surface area contributed by atoms with Crippen molar-refractivity contribution < 1.29 is 4.79 Å². The Morgan fingerprint density at radius 2 is 2.05 bits per heavy atom. The molecule has 20 heavy (non-hydrogen) atoms. The zero-order valence-electron chi connectivity index (χ0n) is 11.1. The van der Waals surface area contributed by atoms with E-state index in [0.29, 0.717) is 17.1 Å². The molecule has 0 radical (unpaired) electrons. The fourth-order valence-electron chi connectivity index (χ4n) is 1.83. The molecule has 3 N–H and O–H groups in total. The highest BCUT2D eigenvalue weighted by atomic mass is 32.1. The highest BCUT2D eigenvalue weighted by Gasteiger charge is 2.10. The lowest BCUT2D eigenvalue weighted by Gasteiger charge is -2.14. The van der Waals surface area contributed by atoms with Gasteiger partial charge in [0.25, 0.3) is 5.91 Å². The molecule has 104 valence electrons. The summed E-state index contributed by atoms with van der Waals surface area (Å²) in [7, 11) is 0. The number of amides is 1. The summed E-state index contributed by atoms with van der Waals surface area (Å²) in [4.78, 5) is 12.4. The molecule has 0 saturated heterocycles. The van der Waals surface area contributed by atoms with Gasteiger partial charge in [0, 0.05) is 29.6 Å². The maximum absolute atomic E-state index is 12.1. The van der Waals surface area contributed by atoms with Crippen LogP contribution in [-0.4, -0.2) is 26.7 Å². The molecule has 0 aliphatic rings. The topological polar surface area (TPSA) is 72.9 Å². The number of nitrogens with zero attached hydrogens (tertiary/aromatic N) is 2. The summed E-state index contributed by atoms with van der Waals surface area (Å²) in [6, 6.07) is 8.75. The molecule has 1 atom stereocenters. The predicted octanol–water partition coefficient (Wildman–Crippen LogP) is 1.34. The van der Waals surface area contributed by atoms with E-state index >= 15 is 0 Å². The minimum absolute atomic E-state index is 0.0161. The number of carbonyl (C=O) groups excluding carboxylic acids is 1. The smallest absolute Gasteiger partial charge is 0.251 e. The maximum Gasteiger partial charge on any atom is 0.251 e. The van der Waals surface area contributed by atoms with Crippen LogP contribution in [0.5, 0.6) is 0 Å². The van der Waals surface area contributed by atoms with Crippen molar-refractivity contribution in [2.24, 2.45) is 5.73 Å². The minimum atomic E-state index is -0.126. The van der Waals surface area contributed by atoms with Crippen molar-refractivity contribution in [3.8, 4) is 0 Å². The van der Waals surface area contributed by atoms with Crippen molar-refractivity contribution in [3.05, 3.63) is 53.9 Å². The first kappa shape index (κ1) is 14.2. The Balaban J connectivity index is 1.95. The minimum Gasteiger partial charge on any atom is -0.389 e. The molecule has 0 bridgehead atoms. The van der Waals surface area contributed by atoms with Crippen LogP contribution in [0.2, 0.25) is 0 Å². The molecular weight excluding hydrogens is 272 g/mol. The first-order valence-electron chi connectivity index (χ1n) is 6.24. The highest BCUT2D eigenvalue weighted by molar-refractivity contribution is 7.80. The van der Waals surface area contributed by atoms with Gasteiger partial charge in [-0.2, -0.15) is 5.10 Å². The molecule has 2 rings (SSSR count). The SMILES string of the molecule is CC(Cn1cccn1)NC(=O)c1ccc(C(N)=S)cc1. The summed E-state index contributed by atoms with van der Waals surface area (Å²) < 4.78 is 1.78. The van der Waals surface area contributed by atoms with Gasteiger partial charge in [-0.05, 0) is 25.1 Å². The molecule has 0 saturated carbocycles. The van der Waals surface area contributed by atoms with Gasteiger partial charge < -0.3 is 11.1 Å². The third-order valence-corrected chi connectivity index (χ3v) is 3.06. The van der Waals surface area contributed by atoms with E-state index in [1.165, 1.54) is 0 Å². The van der Waals surface area contributed by atoms with E-state index in [4.69, 9.17) is 18.0 Å². The van der Waals surface area contributed by atoms with Gasteiger partial charge in [0.05, 0.1) is 6.54 Å². The molecule has 0 spiro atoms. The average molecular weight is 288 g/mol. The van der Waals surface area contributed by atoms with Crippen LogP contribution in [-0.2, 0) is 6.54 Å². The number of nitrogens with two attached hydrogens (primary N) is 1. The van der Waals surface area contributed by atoms with Crippen molar-refractivity contribution in [1.29, 1.82) is 0 Å². The van der Waals surface area contributed by atoms with E-state index in [1.807, 2.05) is 19.2 Å². The van der Waals surface area contributed by atoms with Gasteiger partial charge in [-0.3, -0.25) is 9.48 Å². The quantitative estimate of drug-likeness (QED) is 0.814. The summed E-state index contributed by atoms with van der Waals surface area (Å²) in [6.07, 6.45) is 3.57. The lowest BCUT2D eigenvalue weighted by Crippen LogP contribution is -2.35. The van der Waals surface area contributed by atoms with Crippen LogP contribution in [0.1, 0.15) is 22.8 Å². The predicted molar refractivity (Wildman–Crippen MR) is 81.5 cm³/mol. The number of rotatable bonds is 5. The van der Waals surface area contributed by atoms with Crippen LogP contribution < -0.4 is 11.1 Å². The summed E-state index contributed by atoms with van der Waals surface area (Å²) in [5, 5.41) is 7.02. The van der Waals surface area contributed by atoms with E-state index in [2.05, 4.69) is 10.4 Å². The summed E-state index contributed by atoms with van der Waals surface area (Å²) in [5.74, 6) is -0.126. The second-order valence-corrected chi connectivity index (χ2v) is 4.98. The van der Waals surface area contributed by atoms with Gasteiger partial charge in [-0.1, -0.05) is 24.4 Å². The zero-order chi connectivity index (χ0) is 14.5. The summed E-state index contributed by atoms with van der Waals surface area (Å²) >= 11 is 4.87. The fraction of sp³-hybridized carbons (Fsp3) is 0.214. The van der Waals surface area contributed by atoms with Crippen LogP contribution >= 0.6 is 12.2 Å². The number of nitrogens with one attached hydrogen (secondary N) is 1. The lowest BCUT2D eigenvalue weighted by molar-refractivity contribution is 0.0936. The first-order valence-corrected chi connectivity index (χ1v) is 6.65. The largest absolute Gasteiger partial charge is 0.389 e. The number of aromatic nitrogens is 2. The maximum atomic E-state index is 12.1. The average Bonchev–Trinajstić information content (AvgIpc) is 2.91. The number of carbonyl (C=O) groups is 1. The Labute approximate surface area is 122 Å². The highest BCUT2D eigenvalue weighted by Crippen LogP contribution is 2.05. The van der Waals surface area contributed by atoms with Gasteiger partial charge in [0.15, 0.2) is 0 Å². The number of thiocarbonyl (C=S) groups is 1. The Morgan fingerprint density at radius 1 is 1.40 bits per heavy atom. The monoisotopic (exact) mass is 288 g/mol. The molecule has 2 aromatic rings. The lowest BCUT2D eigenvalue weighted by atomic mass is 10.1. The Morgan fingerprint density at radius 3 is 2.60 bits per heavy atom. The van der Waals surface area contributed by atoms with E-state index in [1.54, 1.807) is 35.1 Å². The van der Waals surface area contributed by atoms with Crippen molar-refractivity contribution in [2.45, 2.75) is 19.5 Å². The van der Waals surface area contributed by atoms with Gasteiger partial charge in [0.2, 0.25) is 0 Å². The Bertz CT molecular complexity index is 592. The van der Waals surface area contributed by atoms with Crippen LogP contribution in [0.15, 0.2) is 42.7 Å². The van der Waals surface area contributed by atoms with E-state index < -0.39 is 0 Å². The Hall–Kier alpha value is -2.21. The van der Waals surface area contributed by atoms with E-state index in [0.717, 1.165) is 5.56 Å². The van der Waals surface area contributed by atoms with Crippen LogP contribution in [0.3, 0.4) is 0 Å². The standard InChI is InChI=1S/C14H16N4OS/c1-10(9-18-8-2-7-16-18)17-14(19)12-5-3-11(4-6-12)13(15)20/h2-8,10H,9H2,1H3,(H2,15,20)(H,17,19). The van der Waals surface area contributed by atoms with Gasteiger partial charge in [-0.25, -0.2) is 0 Å². The van der Waals surface area contributed by atoms with Crippen LogP contribution in [0.4, 0.5) is 0 Å². The molecule has 0 aliphatic carbocycles. The third-order valence-electron chi connectivity index (χ3n) is 2.83. The molecule has 6 heteroatoms. The van der Waals surface area contributed by atoms with Crippen LogP contribution in [0.25, 0.3) is 0 Å². The van der Waals surface area contributed by atoms with Gasteiger partial charge in [0.1, 0.15) is 4.99 Å². The fourth-order valence-corrected chi connectivity index (χ4v) is 1.96. The third kappa shape index (κ3) is 3.64. The van der Waals surface area contributed by atoms with Crippen molar-refractivity contribution >= 4 is 23.1 Å². The van der Waals surface area contributed by atoms with E-state index in [9.17, 15) is 4.79 Å². The van der Waals surface area contributed by atoms with Crippen molar-refractivity contribution in [2.75, 3.05) is 0 Å². The number of hydrogen-bond acceptors (Lipinski definition) is 3. The van der Waals surface area contributed by atoms with Crippen molar-refractivity contribution in [3.63, 3.8) is 0 Å². The second kappa shape index (κ2) is 6.29. The van der Waals surface area contributed by atoms with Gasteiger partial charge in [-0.15, -0.1) is 0 Å². The molecule has 0 aliphatic heterocycles. The zero-order valence-corrected chi connectivity index (χ0v) is 11.9. The molecule has 0 fully saturated rings. The first-order chi connectivity index (χ1) is 9.56. The second-order valence-electron chi connectivity index (χ2n) is 4.54. The summed E-state index contributed by atoms with van der Waals surface area (Å²) in [5.41, 5.74) is 6.85. The van der Waals surface area contributed by atoms with Gasteiger partial charge >= 0.3 is 0 Å². The van der Waals surface area contributed by atoms with E-state index in [-0.39, 0.29) is 11.9 Å². The molecule has 1 heterocycles. The normalized spacial score (nSPS) is 11.8. The molecule has 1 aromatic heterocycles. The number of benzene rings is 1. The molecular formula is C14H16N4OS. The number of hydrogen-bond donors (Lipinski definition) is 2. The molecule has 1 aromatic carbocycles. The Kier molecular flexibility index (Phi) is 4.47. The molecule has 1 amide bonds. The molecule has 5 nitrogen and oxygen atoms in total. The summed E-state index contributed by atoms with van der Waals surface area (Å²) in [6.45, 7) is 2.56. The van der Waals surface area contributed by atoms with Crippen molar-refractivity contribution in [1.82, 2.24) is 15.1 Å². The van der Waals surface area contributed by atoms with Crippen LogP contribution in [0, 0.1) is 0 Å². The molecule has 1 unspecified atom stereocenters.